The Labute approximate surface area is 882 Å². The fourth-order valence-electron chi connectivity index (χ4n) is 18.5. The van der Waals surface area contributed by atoms with Gasteiger partial charge in [-0.1, -0.05) is 128 Å². The summed E-state index contributed by atoms with van der Waals surface area (Å²) in [4.78, 5) is 118. The molecule has 32 atom stereocenters. The molecule has 150 heavy (non-hydrogen) atoms. The summed E-state index contributed by atoms with van der Waals surface area (Å²) in [5.74, 6) is -6.01. The monoisotopic (exact) mass is 2170 g/mol. The summed E-state index contributed by atoms with van der Waals surface area (Å²) in [5, 5.41) is 142. The molecule has 0 aromatic rings. The number of nitrogens with one attached hydrogen (secondary N) is 7. The number of ether oxygens (including phenoxy) is 11. The highest BCUT2D eigenvalue weighted by atomic mass is 31.3. The van der Waals surface area contributed by atoms with E-state index in [1.165, 1.54) is 63.2 Å². The van der Waals surface area contributed by atoms with Crippen LogP contribution in [-0.4, -0.2) is 321 Å². The van der Waals surface area contributed by atoms with Gasteiger partial charge in [0, 0.05) is 48.5 Å². The molecule has 0 radical (unpaired) electrons. The average molecular weight is 2170 g/mol. The second kappa shape index (κ2) is 65.7. The fraction of sp³-hybridized carbons (Fsp3) is 0.724. The molecule has 18 N–H and O–H groups in total. The summed E-state index contributed by atoms with van der Waals surface area (Å²) >= 11 is 0. The van der Waals surface area contributed by atoms with Crippen LogP contribution in [0.4, 0.5) is 0 Å². The average Bonchev–Trinajstić information content (AvgIpc) is 0.759. The summed E-state index contributed by atoms with van der Waals surface area (Å²) < 4.78 is 109. The van der Waals surface area contributed by atoms with Crippen molar-refractivity contribution in [2.24, 2.45) is 0 Å². The Morgan fingerprint density at radius 1 is 0.267 bits per heavy atom. The normalized spacial score (nSPS) is 32.2. The van der Waals surface area contributed by atoms with Crippen LogP contribution in [0.2, 0.25) is 0 Å². The van der Waals surface area contributed by atoms with Crippen LogP contribution in [0.1, 0.15) is 267 Å². The molecule has 7 amide bonds. The van der Waals surface area contributed by atoms with Crippen molar-refractivity contribution in [1.82, 2.24) is 37.2 Å². The van der Waals surface area contributed by atoms with Gasteiger partial charge in [0.05, 0.1) is 51.8 Å². The molecule has 0 aromatic carbocycles. The van der Waals surface area contributed by atoms with E-state index in [9.17, 15) is 109 Å². The lowest BCUT2D eigenvalue weighted by Gasteiger charge is -2.52. The number of rotatable bonds is 59. The predicted octanol–water partition coefficient (Wildman–Crippen LogP) is 6.16. The van der Waals surface area contributed by atoms with Crippen molar-refractivity contribution in [3.05, 3.63) is 128 Å². The first-order valence-electron chi connectivity index (χ1n) is 51.8. The number of phosphoric ester groups is 2. The van der Waals surface area contributed by atoms with Gasteiger partial charge in [0.25, 0.3) is 15.6 Å². The molecule has 6 fully saturated rings. The number of amides is 7. The smallest absolute Gasteiger partial charge is 0.276 e. The zero-order valence-corrected chi connectivity index (χ0v) is 92.4. The van der Waals surface area contributed by atoms with E-state index >= 15 is 0 Å². The number of allylic oxidation sites excluding steroid dienone is 21. The Morgan fingerprint density at radius 3 is 0.720 bits per heavy atom. The first-order valence-corrected chi connectivity index (χ1v) is 54.7. The topological polar surface area (TPSA) is 636 Å². The maximum absolute atomic E-state index is 13.8. The van der Waals surface area contributed by atoms with Gasteiger partial charge in [0.2, 0.25) is 41.4 Å². The standard InChI is InChI=1S/C105H173N7O36P2/c1-58(2)31-21-32-59(3)33-22-34-60(4)35-23-36-61(5)37-24-38-62(6)39-25-40-63(7)41-26-42-64(8)43-27-44-65(9)45-28-46-66(10)47-29-48-67(11)49-30-50-68(12)51-52-135-149(131,132)148-150(133,134)147-105-88(112-76(20)124)99(82(69(13)136-105)106-70(14)118)146-104-87(111-75(19)123)94(130)98(81(57-117)141-104)145-103-86(110-74(18)122)93(129)97(80(56-116)140-103)144-102-85(109-73(17)121)92(128)96(79(55-115)139-102)143-101-84(108-72(16)120)91(127)95(78(54-114)138-101)142-100-83(107-71(15)119)90(126)89(125)77(53-113)137-100/h31,33,35,37,39,41,43,45,47,49,51,69,77-105,113-117,125-130H,21-30,32,34,36,38,40,42,44,46,48,50,52-57H2,1-20H3,(H,106,118)(H,107,119)(H,108,120)(H,109,121)(H,110,122)(H,111,123)(H,112,124)(H,131,132)(H,133,134)/p-2. The van der Waals surface area contributed by atoms with Gasteiger partial charge in [-0.25, -0.2) is 4.31 Å². The Kier molecular flexibility index (Phi) is 57.6. The zero-order valence-electron chi connectivity index (χ0n) is 90.6. The summed E-state index contributed by atoms with van der Waals surface area (Å²) in [6.45, 7) is 28.4. The van der Waals surface area contributed by atoms with Gasteiger partial charge >= 0.3 is 0 Å². The molecule has 0 bridgehead atoms. The minimum atomic E-state index is -6.18. The molecule has 32 unspecified atom stereocenters. The van der Waals surface area contributed by atoms with Crippen molar-refractivity contribution in [3.8, 4) is 0 Å². The summed E-state index contributed by atoms with van der Waals surface area (Å²) in [7, 11) is -12.0. The van der Waals surface area contributed by atoms with E-state index in [4.69, 9.17) is 61.2 Å². The van der Waals surface area contributed by atoms with E-state index in [1.54, 1.807) is 6.92 Å². The Bertz CT molecular complexity index is 4750. The molecule has 0 aliphatic carbocycles. The van der Waals surface area contributed by atoms with Crippen molar-refractivity contribution < 1.29 is 174 Å². The van der Waals surface area contributed by atoms with Crippen LogP contribution in [0.25, 0.3) is 0 Å². The molecule has 0 saturated carbocycles. The van der Waals surface area contributed by atoms with Gasteiger partial charge in [-0.2, -0.15) is 0 Å². The quantitative estimate of drug-likeness (QED) is 0.0239. The highest BCUT2D eigenvalue weighted by molar-refractivity contribution is 7.59. The highest BCUT2D eigenvalue weighted by Crippen LogP contribution is 2.57. The third-order valence-electron chi connectivity index (χ3n) is 26.7. The molecule has 6 rings (SSSR count). The molecule has 0 aromatic heterocycles. The van der Waals surface area contributed by atoms with Crippen molar-refractivity contribution in [3.63, 3.8) is 0 Å². The number of aliphatic hydroxyl groups excluding tert-OH is 11. The van der Waals surface area contributed by atoms with Gasteiger partial charge in [-0.3, -0.25) is 47.2 Å². The first kappa shape index (κ1) is 131. The number of phosphoric acid groups is 2. The van der Waals surface area contributed by atoms with Crippen molar-refractivity contribution >= 4 is 57.0 Å². The maximum atomic E-state index is 13.8. The summed E-state index contributed by atoms with van der Waals surface area (Å²) in [6.07, 6.45) is 0.807. The predicted molar refractivity (Wildman–Crippen MR) is 549 cm³/mol. The molecule has 43 nitrogen and oxygen atoms in total. The SMILES string of the molecule is CC(=O)NC1C(OC2C(CO)OC(OC3C(CO)OC(OC4C(CO)OC(OC5C(CO)OC(OC6C(NC(C)=O)C(C)OC(OP(=O)([O-])OP(=O)([O-])OCC=C(C)CCC=C(C)CCC=C(C)CCC=C(C)CCC=C(C)CCC=C(C)CCC=C(C)CCC=C(C)CCC=C(C)CCC=C(C)CCC=C(C)C)C6NC(C)=O)C(NC(C)=O)C5O)C(NC(C)=O)C4O)C(NC(C)=O)C3O)C(NC(C)=O)C2O)OC(CO)C(O)C1O. The van der Waals surface area contributed by atoms with Crippen LogP contribution in [0.5, 0.6) is 0 Å². The summed E-state index contributed by atoms with van der Waals surface area (Å²) in [5.41, 5.74) is 14.7. The van der Waals surface area contributed by atoms with Gasteiger partial charge < -0.3 is 160 Å². The van der Waals surface area contributed by atoms with E-state index in [0.29, 0.717) is 18.4 Å². The fourth-order valence-corrected chi connectivity index (χ4v) is 20.5. The second-order valence-electron chi connectivity index (χ2n) is 40.4. The number of carbonyl (C=O) groups is 7. The molecule has 6 heterocycles. The molecular formula is C105H171N7O36P2-2. The second-order valence-corrected chi connectivity index (χ2v) is 43.3. The number of aliphatic hydroxyl groups is 11. The molecule has 854 valence electrons. The number of hydrogen-bond donors (Lipinski definition) is 18. The van der Waals surface area contributed by atoms with Crippen molar-refractivity contribution in [2.45, 2.75) is 451 Å². The molecule has 45 heteroatoms. The van der Waals surface area contributed by atoms with Gasteiger partial charge in [0.15, 0.2) is 37.7 Å². The molecule has 6 aliphatic rings. The minimum Gasteiger partial charge on any atom is -0.756 e. The lowest BCUT2D eigenvalue weighted by molar-refractivity contribution is -0.369. The van der Waals surface area contributed by atoms with Crippen LogP contribution in [0.3, 0.4) is 0 Å². The van der Waals surface area contributed by atoms with Gasteiger partial charge in [0.1, 0.15) is 134 Å². The number of carbonyl (C=O) groups excluding carboxylic acids is 7. The Hall–Kier alpha value is -7.19. The third kappa shape index (κ3) is 44.5. The lowest BCUT2D eigenvalue weighted by atomic mass is 9.92. The Morgan fingerprint density at radius 2 is 0.480 bits per heavy atom. The van der Waals surface area contributed by atoms with Crippen LogP contribution in [0, 0.1) is 0 Å². The van der Waals surface area contributed by atoms with Crippen molar-refractivity contribution in [2.75, 3.05) is 39.6 Å². The van der Waals surface area contributed by atoms with E-state index in [1.807, 2.05) is 6.92 Å². The molecule has 0 spiro atoms. The van der Waals surface area contributed by atoms with E-state index in [0.717, 1.165) is 170 Å². The van der Waals surface area contributed by atoms with Crippen molar-refractivity contribution in [1.29, 1.82) is 0 Å². The minimum absolute atomic E-state index is 0.489. The molecular weight excluding hydrogens is 2000 g/mol. The van der Waals surface area contributed by atoms with Crippen LogP contribution in [0.15, 0.2) is 128 Å². The van der Waals surface area contributed by atoms with E-state index in [2.05, 4.69) is 172 Å². The Balaban J connectivity index is 1.01. The molecule has 6 saturated heterocycles. The van der Waals surface area contributed by atoms with Crippen LogP contribution >= 0.6 is 15.6 Å². The first-order chi connectivity index (χ1) is 70.7. The largest absolute Gasteiger partial charge is 0.756 e. The number of hydrogen-bond acceptors (Lipinski definition) is 36. The van der Waals surface area contributed by atoms with Gasteiger partial charge in [-0.05, 0) is 218 Å². The zero-order chi connectivity index (χ0) is 112. The van der Waals surface area contributed by atoms with E-state index in [-0.39, 0.29) is 0 Å². The van der Waals surface area contributed by atoms with Crippen LogP contribution < -0.4 is 47.0 Å². The summed E-state index contributed by atoms with van der Waals surface area (Å²) in [6, 6.07) is -12.4. The maximum Gasteiger partial charge on any atom is 0.276 e. The van der Waals surface area contributed by atoms with E-state index < -0.39 is 280 Å². The van der Waals surface area contributed by atoms with Gasteiger partial charge in [-0.15, -0.1) is 0 Å². The molecule has 6 aliphatic heterocycles. The highest BCUT2D eigenvalue weighted by Gasteiger charge is 2.60. The lowest BCUT2D eigenvalue weighted by Crippen LogP contribution is -2.73. The van der Waals surface area contributed by atoms with Crippen LogP contribution in [-0.2, 0) is 108 Å². The third-order valence-corrected chi connectivity index (χ3v) is 29.2.